The molecule has 2 aromatic heterocycles. The molecule has 0 amide bonds. The van der Waals surface area contributed by atoms with E-state index in [4.69, 9.17) is 4.42 Å². The maximum absolute atomic E-state index is 11.3. The fraction of sp³-hybridized carbons (Fsp3) is 0.143. The van der Waals surface area contributed by atoms with Crippen molar-refractivity contribution in [3.63, 3.8) is 0 Å². The van der Waals surface area contributed by atoms with E-state index < -0.39 is 5.63 Å². The third-order valence-corrected chi connectivity index (χ3v) is 3.74. The zero-order valence-electron chi connectivity index (χ0n) is 10.4. The maximum Gasteiger partial charge on any atom is 0.336 e. The molecule has 3 rings (SSSR count). The molecule has 5 heteroatoms. The van der Waals surface area contributed by atoms with Crippen molar-refractivity contribution in [3.8, 4) is 17.0 Å². The van der Waals surface area contributed by atoms with Crippen molar-refractivity contribution >= 4 is 22.3 Å². The van der Waals surface area contributed by atoms with E-state index in [1.54, 1.807) is 6.07 Å². The summed E-state index contributed by atoms with van der Waals surface area (Å²) in [5, 5.41) is 13.7. The number of phenolic OH excluding ortho intramolecular Hbond substituents is 1. The van der Waals surface area contributed by atoms with Gasteiger partial charge in [0.25, 0.3) is 0 Å². The van der Waals surface area contributed by atoms with Gasteiger partial charge in [-0.2, -0.15) is 0 Å². The fourth-order valence-electron chi connectivity index (χ4n) is 2.05. The molecular formula is C14H11NO3S. The number of hydrogen-bond donors (Lipinski definition) is 1. The number of aryl methyl sites for hydroxylation is 2. The number of aromatic hydroxyl groups is 1. The Hall–Kier alpha value is -2.14. The lowest BCUT2D eigenvalue weighted by atomic mass is 10.1. The van der Waals surface area contributed by atoms with Crippen molar-refractivity contribution in [2.45, 2.75) is 13.8 Å². The highest BCUT2D eigenvalue weighted by Gasteiger charge is 2.12. The third-order valence-electron chi connectivity index (χ3n) is 2.96. The molecule has 0 bridgehead atoms. The van der Waals surface area contributed by atoms with Gasteiger partial charge >= 0.3 is 5.63 Å². The minimum Gasteiger partial charge on any atom is -0.507 e. The van der Waals surface area contributed by atoms with E-state index in [-0.39, 0.29) is 5.75 Å². The molecule has 0 fully saturated rings. The van der Waals surface area contributed by atoms with Crippen LogP contribution in [0.15, 0.2) is 32.8 Å². The summed E-state index contributed by atoms with van der Waals surface area (Å²) in [4.78, 5) is 15.7. The summed E-state index contributed by atoms with van der Waals surface area (Å²) in [6.07, 6.45) is 0. The first-order valence-corrected chi connectivity index (χ1v) is 6.62. The van der Waals surface area contributed by atoms with Crippen molar-refractivity contribution in [1.82, 2.24) is 4.98 Å². The van der Waals surface area contributed by atoms with Gasteiger partial charge in [0.15, 0.2) is 0 Å². The molecular weight excluding hydrogens is 262 g/mol. The van der Waals surface area contributed by atoms with Crippen LogP contribution in [-0.4, -0.2) is 10.1 Å². The first-order valence-electron chi connectivity index (χ1n) is 5.74. The van der Waals surface area contributed by atoms with Crippen LogP contribution in [0.5, 0.6) is 5.75 Å². The molecule has 2 heterocycles. The average Bonchev–Trinajstić information content (AvgIpc) is 2.74. The lowest BCUT2D eigenvalue weighted by molar-refractivity contribution is 0.475. The molecule has 0 aliphatic heterocycles. The van der Waals surface area contributed by atoms with Gasteiger partial charge in [0.05, 0.1) is 10.7 Å². The Morgan fingerprint density at radius 1 is 1.26 bits per heavy atom. The van der Waals surface area contributed by atoms with Crippen molar-refractivity contribution in [2.24, 2.45) is 0 Å². The van der Waals surface area contributed by atoms with Gasteiger partial charge in [-0.3, -0.25) is 0 Å². The van der Waals surface area contributed by atoms with Crippen LogP contribution < -0.4 is 5.63 Å². The Kier molecular flexibility index (Phi) is 2.64. The summed E-state index contributed by atoms with van der Waals surface area (Å²) in [7, 11) is 0. The summed E-state index contributed by atoms with van der Waals surface area (Å²) in [5.74, 6) is 0.0616. The van der Waals surface area contributed by atoms with Crippen molar-refractivity contribution in [1.29, 1.82) is 0 Å². The summed E-state index contributed by atoms with van der Waals surface area (Å²) >= 11 is 1.52. The van der Waals surface area contributed by atoms with E-state index in [0.717, 1.165) is 21.7 Å². The SMILES string of the molecule is Cc1nc(-c2cc3c(C)cc(=O)oc3cc2O)cs1. The van der Waals surface area contributed by atoms with E-state index in [0.29, 0.717) is 11.1 Å². The molecule has 1 N–H and O–H groups in total. The highest BCUT2D eigenvalue weighted by Crippen LogP contribution is 2.34. The summed E-state index contributed by atoms with van der Waals surface area (Å²) in [6, 6.07) is 4.71. The molecule has 0 atom stereocenters. The van der Waals surface area contributed by atoms with Crippen LogP contribution in [0, 0.1) is 13.8 Å². The van der Waals surface area contributed by atoms with E-state index in [1.165, 1.54) is 23.5 Å². The molecule has 1 aromatic carbocycles. The smallest absolute Gasteiger partial charge is 0.336 e. The minimum absolute atomic E-state index is 0.0616. The molecule has 0 aliphatic rings. The Balaban J connectivity index is 2.33. The summed E-state index contributed by atoms with van der Waals surface area (Å²) in [5.41, 5.74) is 2.17. The van der Waals surface area contributed by atoms with Gasteiger partial charge in [0.1, 0.15) is 11.3 Å². The first kappa shape index (κ1) is 11.9. The van der Waals surface area contributed by atoms with E-state index in [9.17, 15) is 9.90 Å². The lowest BCUT2D eigenvalue weighted by Gasteiger charge is -2.05. The third kappa shape index (κ3) is 2.02. The Morgan fingerprint density at radius 2 is 2.05 bits per heavy atom. The van der Waals surface area contributed by atoms with Gasteiger partial charge in [-0.25, -0.2) is 9.78 Å². The zero-order chi connectivity index (χ0) is 13.6. The molecule has 19 heavy (non-hydrogen) atoms. The Bertz CT molecular complexity index is 832. The Morgan fingerprint density at radius 3 is 2.74 bits per heavy atom. The standard InChI is InChI=1S/C14H11NO3S/c1-7-3-14(17)18-13-5-12(16)10(4-9(7)13)11-6-19-8(2)15-11/h3-6,16H,1-2H3. The molecule has 4 nitrogen and oxygen atoms in total. The second-order valence-corrected chi connectivity index (χ2v) is 5.43. The molecule has 0 aliphatic carbocycles. The van der Waals surface area contributed by atoms with Crippen molar-refractivity contribution in [3.05, 3.63) is 44.6 Å². The molecule has 0 unspecified atom stereocenters. The van der Waals surface area contributed by atoms with Crippen LogP contribution in [0.3, 0.4) is 0 Å². The van der Waals surface area contributed by atoms with Crippen LogP contribution in [0.4, 0.5) is 0 Å². The number of thiazole rings is 1. The topological polar surface area (TPSA) is 63.3 Å². The minimum atomic E-state index is -0.415. The number of aromatic nitrogens is 1. The van der Waals surface area contributed by atoms with E-state index >= 15 is 0 Å². The van der Waals surface area contributed by atoms with Gasteiger partial charge in [-0.1, -0.05) is 0 Å². The summed E-state index contributed by atoms with van der Waals surface area (Å²) in [6.45, 7) is 3.75. The normalized spacial score (nSPS) is 11.1. The largest absolute Gasteiger partial charge is 0.507 e. The molecule has 0 spiro atoms. The highest BCUT2D eigenvalue weighted by atomic mass is 32.1. The predicted molar refractivity (Wildman–Crippen MR) is 74.7 cm³/mol. The Labute approximate surface area is 113 Å². The number of hydrogen-bond acceptors (Lipinski definition) is 5. The van der Waals surface area contributed by atoms with Crippen molar-refractivity contribution in [2.75, 3.05) is 0 Å². The molecule has 3 aromatic rings. The maximum atomic E-state index is 11.3. The van der Waals surface area contributed by atoms with E-state index in [2.05, 4.69) is 4.98 Å². The number of rotatable bonds is 1. The quantitative estimate of drug-likeness (QED) is 0.691. The van der Waals surface area contributed by atoms with Crippen LogP contribution in [-0.2, 0) is 0 Å². The predicted octanol–water partition coefficient (Wildman–Crippen LogP) is 3.24. The van der Waals surface area contributed by atoms with Crippen LogP contribution in [0.2, 0.25) is 0 Å². The molecule has 96 valence electrons. The lowest BCUT2D eigenvalue weighted by Crippen LogP contribution is -1.98. The second kappa shape index (κ2) is 4.20. The highest BCUT2D eigenvalue weighted by molar-refractivity contribution is 7.09. The van der Waals surface area contributed by atoms with Crippen LogP contribution >= 0.6 is 11.3 Å². The molecule has 0 radical (unpaired) electrons. The number of nitrogens with zero attached hydrogens (tertiary/aromatic N) is 1. The summed E-state index contributed by atoms with van der Waals surface area (Å²) < 4.78 is 5.09. The number of benzene rings is 1. The van der Waals surface area contributed by atoms with Crippen LogP contribution in [0.1, 0.15) is 10.6 Å². The van der Waals surface area contributed by atoms with Gasteiger partial charge in [0, 0.05) is 28.5 Å². The monoisotopic (exact) mass is 273 g/mol. The van der Waals surface area contributed by atoms with Gasteiger partial charge in [0.2, 0.25) is 0 Å². The van der Waals surface area contributed by atoms with Gasteiger partial charge in [-0.05, 0) is 25.5 Å². The number of phenols is 1. The molecule has 0 saturated heterocycles. The number of fused-ring (bicyclic) bond motifs is 1. The average molecular weight is 273 g/mol. The zero-order valence-corrected chi connectivity index (χ0v) is 11.2. The van der Waals surface area contributed by atoms with Gasteiger partial charge in [-0.15, -0.1) is 11.3 Å². The first-order chi connectivity index (χ1) is 9.04. The van der Waals surface area contributed by atoms with E-state index in [1.807, 2.05) is 19.2 Å². The van der Waals surface area contributed by atoms with Crippen LogP contribution in [0.25, 0.3) is 22.2 Å². The second-order valence-electron chi connectivity index (χ2n) is 4.37. The van der Waals surface area contributed by atoms with Gasteiger partial charge < -0.3 is 9.52 Å². The molecule has 0 saturated carbocycles. The van der Waals surface area contributed by atoms with Crippen molar-refractivity contribution < 1.29 is 9.52 Å². The fourth-order valence-corrected chi connectivity index (χ4v) is 2.66.